The van der Waals surface area contributed by atoms with E-state index in [0.29, 0.717) is 11.5 Å². The van der Waals surface area contributed by atoms with Crippen molar-refractivity contribution in [1.29, 1.82) is 0 Å². The van der Waals surface area contributed by atoms with Crippen molar-refractivity contribution >= 4 is 23.8 Å². The van der Waals surface area contributed by atoms with Crippen molar-refractivity contribution in [2.45, 2.75) is 6.92 Å². The Kier molecular flexibility index (Phi) is 5.86. The van der Waals surface area contributed by atoms with Crippen LogP contribution in [0.3, 0.4) is 0 Å². The molecule has 0 atom stereocenters. The summed E-state index contributed by atoms with van der Waals surface area (Å²) in [4.78, 5) is 22.7. The zero-order valence-electron chi connectivity index (χ0n) is 15.2. The lowest BCUT2D eigenvalue weighted by Gasteiger charge is -2.05. The van der Waals surface area contributed by atoms with E-state index >= 15 is 0 Å². The third-order valence-corrected chi connectivity index (χ3v) is 3.93. The van der Waals surface area contributed by atoms with Crippen LogP contribution < -0.4 is 10.7 Å². The van der Waals surface area contributed by atoms with Gasteiger partial charge < -0.3 is 14.8 Å². The molecule has 3 N–H and O–H groups in total. The normalized spacial score (nSPS) is 10.8. The van der Waals surface area contributed by atoms with Crippen molar-refractivity contribution in [2.75, 3.05) is 11.9 Å². The van der Waals surface area contributed by atoms with E-state index in [0.717, 1.165) is 16.8 Å². The predicted octanol–water partition coefficient (Wildman–Crippen LogP) is 3.52. The van der Waals surface area contributed by atoms with Gasteiger partial charge in [0.2, 0.25) is 0 Å². The molecule has 0 aliphatic carbocycles. The Labute approximate surface area is 161 Å². The molecule has 0 spiro atoms. The molecule has 1 aromatic heterocycles. The molecular formula is C21H19N3O4. The highest BCUT2D eigenvalue weighted by Gasteiger charge is 2.06. The lowest BCUT2D eigenvalue weighted by Crippen LogP contribution is -2.25. The average molecular weight is 377 g/mol. The highest BCUT2D eigenvalue weighted by molar-refractivity contribution is 5.88. The number of nitrogens with one attached hydrogen (secondary N) is 2. The Bertz CT molecular complexity index is 989. The average Bonchev–Trinajstić information content (AvgIpc) is 3.16. The third-order valence-electron chi connectivity index (χ3n) is 3.93. The molecule has 7 nitrogen and oxygen atoms in total. The van der Waals surface area contributed by atoms with Crippen molar-refractivity contribution in [3.63, 3.8) is 0 Å². The van der Waals surface area contributed by atoms with Crippen LogP contribution in [0.5, 0.6) is 0 Å². The van der Waals surface area contributed by atoms with Gasteiger partial charge in [-0.3, -0.25) is 4.79 Å². The summed E-state index contributed by atoms with van der Waals surface area (Å²) in [6.45, 7) is 2.09. The van der Waals surface area contributed by atoms with Crippen molar-refractivity contribution < 1.29 is 19.1 Å². The van der Waals surface area contributed by atoms with Gasteiger partial charge >= 0.3 is 5.97 Å². The molecule has 0 fully saturated rings. The topological polar surface area (TPSA) is 104 Å². The summed E-state index contributed by atoms with van der Waals surface area (Å²) in [5.41, 5.74) is 5.38. The molecule has 142 valence electrons. The van der Waals surface area contributed by atoms with Crippen LogP contribution in [-0.2, 0) is 4.79 Å². The minimum absolute atomic E-state index is 0.0970. The van der Waals surface area contributed by atoms with Gasteiger partial charge in [-0.1, -0.05) is 29.8 Å². The van der Waals surface area contributed by atoms with Crippen LogP contribution in [0.2, 0.25) is 0 Å². The van der Waals surface area contributed by atoms with E-state index in [1.165, 1.54) is 18.3 Å². The summed E-state index contributed by atoms with van der Waals surface area (Å²) in [5, 5.41) is 15.8. The van der Waals surface area contributed by atoms with E-state index < -0.39 is 5.97 Å². The highest BCUT2D eigenvalue weighted by atomic mass is 16.4. The van der Waals surface area contributed by atoms with Crippen molar-refractivity contribution in [3.8, 4) is 11.3 Å². The lowest BCUT2D eigenvalue weighted by atomic mass is 10.1. The number of rotatable bonds is 7. The highest BCUT2D eigenvalue weighted by Crippen LogP contribution is 2.22. The number of carboxylic acids is 1. The van der Waals surface area contributed by atoms with Crippen molar-refractivity contribution in [2.24, 2.45) is 5.10 Å². The minimum Gasteiger partial charge on any atom is -0.478 e. The van der Waals surface area contributed by atoms with Gasteiger partial charge in [0.05, 0.1) is 18.3 Å². The molecular weight excluding hydrogens is 358 g/mol. The predicted molar refractivity (Wildman–Crippen MR) is 107 cm³/mol. The Morgan fingerprint density at radius 2 is 1.75 bits per heavy atom. The molecule has 0 unspecified atom stereocenters. The number of carbonyl (C=O) groups excluding carboxylic acids is 1. The number of hydrogen-bond acceptors (Lipinski definition) is 5. The molecule has 0 saturated carbocycles. The first-order valence-electron chi connectivity index (χ1n) is 8.57. The molecule has 28 heavy (non-hydrogen) atoms. The minimum atomic E-state index is -0.980. The largest absolute Gasteiger partial charge is 0.478 e. The molecule has 3 rings (SSSR count). The third kappa shape index (κ3) is 5.07. The fraction of sp³-hybridized carbons (Fsp3) is 0.0952. The van der Waals surface area contributed by atoms with Crippen LogP contribution in [0.15, 0.2) is 70.2 Å². The summed E-state index contributed by atoms with van der Waals surface area (Å²) >= 11 is 0. The van der Waals surface area contributed by atoms with Gasteiger partial charge in [-0.25, -0.2) is 10.2 Å². The van der Waals surface area contributed by atoms with Gasteiger partial charge in [0.15, 0.2) is 0 Å². The Morgan fingerprint density at radius 3 is 2.43 bits per heavy atom. The van der Waals surface area contributed by atoms with Gasteiger partial charge in [0.1, 0.15) is 11.5 Å². The number of carboxylic acid groups (broad SMARTS) is 1. The number of aromatic carboxylic acids is 1. The van der Waals surface area contributed by atoms with E-state index in [9.17, 15) is 9.59 Å². The Hall–Kier alpha value is -3.87. The monoisotopic (exact) mass is 377 g/mol. The molecule has 0 bridgehead atoms. The van der Waals surface area contributed by atoms with E-state index in [1.54, 1.807) is 24.3 Å². The van der Waals surface area contributed by atoms with E-state index in [4.69, 9.17) is 9.52 Å². The standard InChI is InChI=1S/C21H19N3O4/c1-14-2-8-17(9-3-14)22-13-20(25)24-23-12-18-10-11-19(28-18)15-4-6-16(7-5-15)21(26)27/h2-12,22H,13H2,1H3,(H,24,25)(H,26,27)/b23-12-. The van der Waals surface area contributed by atoms with E-state index in [1.807, 2.05) is 31.2 Å². The molecule has 0 radical (unpaired) electrons. The lowest BCUT2D eigenvalue weighted by molar-refractivity contribution is -0.119. The number of nitrogens with zero attached hydrogens (tertiary/aromatic N) is 1. The molecule has 2 aromatic carbocycles. The molecule has 7 heteroatoms. The molecule has 0 aliphatic heterocycles. The number of carbonyl (C=O) groups is 2. The molecule has 0 aliphatic rings. The van der Waals surface area contributed by atoms with Crippen LogP contribution in [0.25, 0.3) is 11.3 Å². The fourth-order valence-electron chi connectivity index (χ4n) is 2.42. The smallest absolute Gasteiger partial charge is 0.335 e. The number of amides is 1. The van der Waals surface area contributed by atoms with Crippen LogP contribution in [0.4, 0.5) is 5.69 Å². The van der Waals surface area contributed by atoms with Gasteiger partial charge in [0.25, 0.3) is 5.91 Å². The second kappa shape index (κ2) is 8.68. The van der Waals surface area contributed by atoms with Gasteiger partial charge in [-0.15, -0.1) is 0 Å². The van der Waals surface area contributed by atoms with Crippen LogP contribution in [0.1, 0.15) is 21.7 Å². The maximum atomic E-state index is 11.8. The SMILES string of the molecule is Cc1ccc(NCC(=O)N/N=C\c2ccc(-c3ccc(C(=O)O)cc3)o2)cc1. The number of benzene rings is 2. The first-order valence-corrected chi connectivity index (χ1v) is 8.57. The summed E-state index contributed by atoms with van der Waals surface area (Å²) in [5.74, 6) is -0.228. The molecule has 0 saturated heterocycles. The quantitative estimate of drug-likeness (QED) is 0.432. The summed E-state index contributed by atoms with van der Waals surface area (Å²) in [6, 6.07) is 17.5. The molecule has 3 aromatic rings. The van der Waals surface area contributed by atoms with Crippen LogP contribution in [-0.4, -0.2) is 29.7 Å². The molecule has 1 heterocycles. The fourth-order valence-corrected chi connectivity index (χ4v) is 2.42. The number of aryl methyl sites for hydroxylation is 1. The molecule has 1 amide bonds. The van der Waals surface area contributed by atoms with Gasteiger partial charge in [0, 0.05) is 11.3 Å². The Balaban J connectivity index is 1.51. The van der Waals surface area contributed by atoms with Crippen LogP contribution in [0, 0.1) is 6.92 Å². The van der Waals surface area contributed by atoms with Gasteiger partial charge in [-0.05, 0) is 43.3 Å². The van der Waals surface area contributed by atoms with E-state index in [-0.39, 0.29) is 18.0 Å². The first kappa shape index (κ1) is 18.9. The van der Waals surface area contributed by atoms with Crippen molar-refractivity contribution in [1.82, 2.24) is 5.43 Å². The second-order valence-electron chi connectivity index (χ2n) is 6.10. The summed E-state index contributed by atoms with van der Waals surface area (Å²) in [6.07, 6.45) is 1.40. The van der Waals surface area contributed by atoms with Gasteiger partial charge in [-0.2, -0.15) is 5.10 Å². The number of furan rings is 1. The number of hydrogen-bond donors (Lipinski definition) is 3. The first-order chi connectivity index (χ1) is 13.5. The summed E-state index contributed by atoms with van der Waals surface area (Å²) < 4.78 is 5.63. The number of hydrazone groups is 1. The summed E-state index contributed by atoms with van der Waals surface area (Å²) in [7, 11) is 0. The number of anilines is 1. The van der Waals surface area contributed by atoms with Crippen LogP contribution >= 0.6 is 0 Å². The zero-order valence-corrected chi connectivity index (χ0v) is 15.2. The maximum absolute atomic E-state index is 11.8. The van der Waals surface area contributed by atoms with E-state index in [2.05, 4.69) is 15.8 Å². The zero-order chi connectivity index (χ0) is 19.9. The maximum Gasteiger partial charge on any atom is 0.335 e. The Morgan fingerprint density at radius 1 is 1.04 bits per heavy atom. The van der Waals surface area contributed by atoms with Crippen molar-refractivity contribution in [3.05, 3.63) is 77.6 Å². The second-order valence-corrected chi connectivity index (χ2v) is 6.10.